The van der Waals surface area contributed by atoms with Crippen molar-refractivity contribution in [1.29, 1.82) is 21.0 Å². The van der Waals surface area contributed by atoms with Crippen molar-refractivity contribution in [1.82, 2.24) is 9.13 Å². The molecule has 0 amide bonds. The van der Waals surface area contributed by atoms with Crippen LogP contribution < -0.4 is 0 Å². The molecule has 2 heterocycles. The van der Waals surface area contributed by atoms with Crippen LogP contribution in [0.25, 0.3) is 146 Å². The van der Waals surface area contributed by atoms with E-state index in [9.17, 15) is 21.0 Å². The standard InChI is InChI=1S/C77H36F3N11/c1-44-9-7-10-67(77(78,79)80)75(44)53-17-22-73(90-69-18-13-49(54-23-45(40-81)27-58(31-54)85-2)35-62(69)63-36-50(14-19-70(63)90)55-24-46(41-82)28-59(32-55)86-3)66(39-53)76-68(89-6)11-8-12-74(76)91-71-20-15-51(56-25-47(42-83)29-60(33-56)87-4)37-64(71)65-38-52(16-21-72(65)91)57-26-48(43-84)30-61(34-57)88-5/h7-39H,1H3. The van der Waals surface area contributed by atoms with Crippen LogP contribution in [0.5, 0.6) is 0 Å². The molecular weight excluding hydrogens is 1140 g/mol. The molecule has 0 aliphatic heterocycles. The first-order valence-corrected chi connectivity index (χ1v) is 27.9. The molecule has 11 nitrogen and oxygen atoms in total. The molecule has 91 heavy (non-hydrogen) atoms. The number of nitrogens with zero attached hydrogens (tertiary/aromatic N) is 11. The van der Waals surface area contributed by atoms with Crippen LogP contribution in [0.2, 0.25) is 0 Å². The van der Waals surface area contributed by atoms with Crippen LogP contribution in [0.1, 0.15) is 33.4 Å². The summed E-state index contributed by atoms with van der Waals surface area (Å²) in [5, 5.41) is 43.0. The molecule has 2 aromatic heterocycles. The first-order chi connectivity index (χ1) is 44.2. The molecule has 0 fully saturated rings. The van der Waals surface area contributed by atoms with Gasteiger partial charge in [0.15, 0.2) is 28.4 Å². The molecule has 0 N–H and O–H groups in total. The van der Waals surface area contributed by atoms with Crippen molar-refractivity contribution in [3.05, 3.63) is 291 Å². The maximum absolute atomic E-state index is 15.4. The molecule has 13 aromatic rings. The Morgan fingerprint density at radius 2 is 0.714 bits per heavy atom. The number of benzene rings is 11. The van der Waals surface area contributed by atoms with Crippen molar-refractivity contribution in [3.8, 4) is 102 Å². The summed E-state index contributed by atoms with van der Waals surface area (Å²) >= 11 is 0. The summed E-state index contributed by atoms with van der Waals surface area (Å²) in [6.07, 6.45) is -4.77. The molecule has 0 radical (unpaired) electrons. The lowest BCUT2D eigenvalue weighted by atomic mass is 9.90. The van der Waals surface area contributed by atoms with E-state index in [1.807, 2.05) is 88.0 Å². The number of hydrogen-bond donors (Lipinski definition) is 0. The molecule has 14 heteroatoms. The number of aromatic nitrogens is 2. The van der Waals surface area contributed by atoms with Crippen molar-refractivity contribution < 1.29 is 13.2 Å². The molecule has 0 bridgehead atoms. The molecule has 0 saturated carbocycles. The molecule has 0 aliphatic carbocycles. The number of halogens is 3. The molecule has 0 atom stereocenters. The van der Waals surface area contributed by atoms with Gasteiger partial charge >= 0.3 is 6.18 Å². The van der Waals surface area contributed by atoms with E-state index in [1.54, 1.807) is 91.9 Å². The molecule has 11 aromatic carbocycles. The fraction of sp³-hybridized carbons (Fsp3) is 0.0260. The number of nitriles is 4. The smallest absolute Gasteiger partial charge is 0.310 e. The number of aryl methyl sites for hydroxylation is 1. The van der Waals surface area contributed by atoms with Gasteiger partial charge in [-0.25, -0.2) is 24.2 Å². The quantitative estimate of drug-likeness (QED) is 0.140. The summed E-state index contributed by atoms with van der Waals surface area (Å²) in [6, 6.07) is 65.7. The Bertz CT molecular complexity index is 5400. The van der Waals surface area contributed by atoms with Gasteiger partial charge in [-0.3, -0.25) is 0 Å². The summed E-state index contributed by atoms with van der Waals surface area (Å²) in [5.74, 6) is 0. The van der Waals surface area contributed by atoms with Crippen molar-refractivity contribution in [3.63, 3.8) is 0 Å². The van der Waals surface area contributed by atoms with Crippen LogP contribution >= 0.6 is 0 Å². The van der Waals surface area contributed by atoms with Gasteiger partial charge in [0.1, 0.15) is 0 Å². The highest BCUT2D eigenvalue weighted by molar-refractivity contribution is 6.15. The predicted molar refractivity (Wildman–Crippen MR) is 348 cm³/mol. The Labute approximate surface area is 519 Å². The lowest BCUT2D eigenvalue weighted by molar-refractivity contribution is -0.137. The zero-order valence-electron chi connectivity index (χ0n) is 47.6. The van der Waals surface area contributed by atoms with Crippen LogP contribution in [-0.2, 0) is 6.18 Å². The SMILES string of the molecule is [C-]#[N+]c1cc(C#N)cc(-c2ccc3c(c2)c2cc(-c4cc(C#N)cc([N+]#[C-])c4)ccc2n3-c2ccc(-c3c(C)cccc3C(F)(F)F)cc2-c2c([N+]#[C-])cccc2-n2c3ccc(-c4cc(C#N)cc([N+]#[C-])c4)cc3c3cc(-c4cc(C#N)cc([N+]#[C-])c4)ccc32)c1. The largest absolute Gasteiger partial charge is 0.417 e. The van der Waals surface area contributed by atoms with Crippen LogP contribution in [0.3, 0.4) is 0 Å². The Balaban J connectivity index is 1.15. The summed E-state index contributed by atoms with van der Waals surface area (Å²) in [7, 11) is 0. The fourth-order valence-electron chi connectivity index (χ4n) is 12.4. The topological polar surface area (TPSA) is 127 Å². The lowest BCUT2D eigenvalue weighted by Gasteiger charge is -2.22. The van der Waals surface area contributed by atoms with Gasteiger partial charge in [-0.15, -0.1) is 0 Å². The van der Waals surface area contributed by atoms with Gasteiger partial charge in [-0.1, -0.05) is 54.6 Å². The molecule has 0 aliphatic rings. The second kappa shape index (κ2) is 22.3. The number of alkyl halides is 3. The number of rotatable bonds is 8. The monoisotopic (exact) mass is 1170 g/mol. The molecular formula is C77H36F3N11. The Hall–Kier alpha value is -13.8. The summed E-state index contributed by atoms with van der Waals surface area (Å²) in [5.41, 5.74) is 11.4. The minimum atomic E-state index is -4.77. The fourth-order valence-corrected chi connectivity index (χ4v) is 12.4. The van der Waals surface area contributed by atoms with Crippen LogP contribution in [-0.4, -0.2) is 9.13 Å². The first kappa shape index (κ1) is 56.4. The number of fused-ring (bicyclic) bond motifs is 6. The van der Waals surface area contributed by atoms with E-state index in [0.717, 1.165) is 6.07 Å². The normalized spacial score (nSPS) is 11.0. The minimum Gasteiger partial charge on any atom is -0.310 e. The predicted octanol–water partition coefficient (Wildman–Crippen LogP) is 21.5. The summed E-state index contributed by atoms with van der Waals surface area (Å²) in [4.78, 5) is 18.8. The van der Waals surface area contributed by atoms with E-state index in [2.05, 4.69) is 48.5 Å². The highest BCUT2D eigenvalue weighted by atomic mass is 19.4. The molecule has 0 spiro atoms. The molecule has 0 saturated heterocycles. The van der Waals surface area contributed by atoms with Gasteiger partial charge in [0.2, 0.25) is 0 Å². The van der Waals surface area contributed by atoms with E-state index >= 15 is 13.2 Å². The molecule has 13 rings (SSSR count). The lowest BCUT2D eigenvalue weighted by Crippen LogP contribution is -2.08. The average Bonchev–Trinajstić information content (AvgIpc) is 1.61. The van der Waals surface area contributed by atoms with Gasteiger partial charge in [0.25, 0.3) is 0 Å². The molecule has 0 unspecified atom stereocenters. The third-order valence-electron chi connectivity index (χ3n) is 16.3. The zero-order chi connectivity index (χ0) is 63.4. The van der Waals surface area contributed by atoms with Crippen LogP contribution in [0.15, 0.2) is 200 Å². The number of hydrogen-bond acceptors (Lipinski definition) is 4. The summed E-state index contributed by atoms with van der Waals surface area (Å²) < 4.78 is 50.2. The van der Waals surface area contributed by atoms with Crippen molar-refractivity contribution >= 4 is 72.0 Å². The Morgan fingerprint density at radius 1 is 0.352 bits per heavy atom. The van der Waals surface area contributed by atoms with Gasteiger partial charge < -0.3 is 9.13 Å². The van der Waals surface area contributed by atoms with Crippen LogP contribution in [0, 0.1) is 85.1 Å². The van der Waals surface area contributed by atoms with E-state index < -0.39 is 11.7 Å². The average molecular weight is 1170 g/mol. The maximum atomic E-state index is 15.4. The maximum Gasteiger partial charge on any atom is 0.417 e. The third-order valence-corrected chi connectivity index (χ3v) is 16.3. The Kier molecular flexibility index (Phi) is 13.8. The van der Waals surface area contributed by atoms with Crippen molar-refractivity contribution in [2.75, 3.05) is 0 Å². The second-order valence-corrected chi connectivity index (χ2v) is 21.6. The van der Waals surface area contributed by atoms with Crippen molar-refractivity contribution in [2.45, 2.75) is 13.1 Å². The second-order valence-electron chi connectivity index (χ2n) is 21.6. The van der Waals surface area contributed by atoms with E-state index in [-0.39, 0.29) is 50.7 Å². The highest BCUT2D eigenvalue weighted by Crippen LogP contribution is 2.49. The van der Waals surface area contributed by atoms with Crippen LogP contribution in [0.4, 0.5) is 41.6 Å². The van der Waals surface area contributed by atoms with E-state index in [0.29, 0.717) is 127 Å². The zero-order valence-corrected chi connectivity index (χ0v) is 47.6. The van der Waals surface area contributed by atoms with E-state index in [1.165, 1.54) is 30.3 Å². The highest BCUT2D eigenvalue weighted by Gasteiger charge is 2.35. The van der Waals surface area contributed by atoms with Gasteiger partial charge in [0, 0.05) is 55.0 Å². The Morgan fingerprint density at radius 3 is 1.07 bits per heavy atom. The molecule has 420 valence electrons. The summed E-state index contributed by atoms with van der Waals surface area (Å²) in [6.45, 7) is 42.0. The third kappa shape index (κ3) is 9.78. The van der Waals surface area contributed by atoms with E-state index in [4.69, 9.17) is 32.9 Å². The van der Waals surface area contributed by atoms with Crippen molar-refractivity contribution in [2.24, 2.45) is 0 Å². The first-order valence-electron chi connectivity index (χ1n) is 27.9. The minimum absolute atomic E-state index is 0.0569. The van der Waals surface area contributed by atoms with Gasteiger partial charge in [-0.05, 0) is 219 Å². The van der Waals surface area contributed by atoms with Gasteiger partial charge in [-0.2, -0.15) is 34.2 Å². The van der Waals surface area contributed by atoms with Gasteiger partial charge in [0.05, 0.1) is 90.5 Å².